The Morgan fingerprint density at radius 1 is 1.21 bits per heavy atom. The van der Waals surface area contributed by atoms with Gasteiger partial charge in [-0.05, 0) is 46.8 Å². The molecule has 1 unspecified atom stereocenters. The highest BCUT2D eigenvalue weighted by Gasteiger charge is 2.27. The second-order valence-corrected chi connectivity index (χ2v) is 5.59. The average Bonchev–Trinajstić information content (AvgIpc) is 2.39. The van der Waals surface area contributed by atoms with E-state index in [1.54, 1.807) is 0 Å². The normalized spacial score (nSPS) is 13.0. The van der Waals surface area contributed by atoms with Crippen molar-refractivity contribution >= 4 is 15.9 Å². The maximum atomic E-state index is 14.2. The van der Waals surface area contributed by atoms with E-state index in [1.165, 1.54) is 12.1 Å². The van der Waals surface area contributed by atoms with Crippen LogP contribution < -0.4 is 11.3 Å². The van der Waals surface area contributed by atoms with Crippen LogP contribution in [-0.4, -0.2) is 0 Å². The molecule has 0 fully saturated rings. The fourth-order valence-corrected chi connectivity index (χ4v) is 2.85. The molecule has 1 atom stereocenters. The van der Waals surface area contributed by atoms with Gasteiger partial charge < -0.3 is 0 Å². The van der Waals surface area contributed by atoms with Gasteiger partial charge in [0.2, 0.25) is 0 Å². The molecule has 0 saturated carbocycles. The van der Waals surface area contributed by atoms with Crippen LogP contribution in [0.25, 0.3) is 0 Å². The Balaban J connectivity index is 3.17. The molecule has 19 heavy (non-hydrogen) atoms. The summed E-state index contributed by atoms with van der Waals surface area (Å²) < 4.78 is 28.4. The Bertz CT molecular complexity index is 407. The molecule has 0 radical (unpaired) electrons. The Hall–Kier alpha value is -0.520. The number of nitrogens with one attached hydrogen (secondary N) is 1. The van der Waals surface area contributed by atoms with E-state index < -0.39 is 17.7 Å². The smallest absolute Gasteiger partial charge is 0.145 e. The molecule has 0 saturated heterocycles. The summed E-state index contributed by atoms with van der Waals surface area (Å²) in [4.78, 5) is 0. The van der Waals surface area contributed by atoms with Crippen molar-refractivity contribution < 1.29 is 8.78 Å². The molecule has 108 valence electrons. The van der Waals surface area contributed by atoms with Crippen LogP contribution >= 0.6 is 15.9 Å². The third kappa shape index (κ3) is 3.97. The van der Waals surface area contributed by atoms with Crippen molar-refractivity contribution in [1.29, 1.82) is 0 Å². The van der Waals surface area contributed by atoms with Gasteiger partial charge in [-0.25, -0.2) is 8.78 Å². The number of hydrogen-bond acceptors (Lipinski definition) is 2. The highest BCUT2D eigenvalue weighted by Crippen LogP contribution is 2.34. The monoisotopic (exact) mass is 334 g/mol. The lowest BCUT2D eigenvalue weighted by Crippen LogP contribution is -2.35. The molecule has 0 spiro atoms. The molecule has 0 aliphatic heterocycles. The molecule has 5 heteroatoms. The maximum absolute atomic E-state index is 14.2. The predicted molar refractivity (Wildman–Crippen MR) is 77.4 cm³/mol. The van der Waals surface area contributed by atoms with E-state index in [2.05, 4.69) is 35.2 Å². The SMILES string of the molecule is CCCC(CCC)C(NN)c1c(F)ccc(Br)c1F. The van der Waals surface area contributed by atoms with Crippen LogP contribution in [0.2, 0.25) is 0 Å². The van der Waals surface area contributed by atoms with Gasteiger partial charge in [-0.15, -0.1) is 0 Å². The van der Waals surface area contributed by atoms with Crippen molar-refractivity contribution in [2.24, 2.45) is 11.8 Å². The summed E-state index contributed by atoms with van der Waals surface area (Å²) in [5, 5.41) is 0. The molecule has 1 aromatic carbocycles. The second-order valence-electron chi connectivity index (χ2n) is 4.74. The number of benzene rings is 1. The van der Waals surface area contributed by atoms with Crippen LogP contribution in [0.5, 0.6) is 0 Å². The number of halogens is 3. The van der Waals surface area contributed by atoms with E-state index in [4.69, 9.17) is 5.84 Å². The fraction of sp³-hybridized carbons (Fsp3) is 0.571. The van der Waals surface area contributed by atoms with E-state index >= 15 is 0 Å². The van der Waals surface area contributed by atoms with E-state index in [1.807, 2.05) is 0 Å². The molecule has 0 bridgehead atoms. The quantitative estimate of drug-likeness (QED) is 0.439. The van der Waals surface area contributed by atoms with Crippen molar-refractivity contribution in [2.45, 2.75) is 45.6 Å². The summed E-state index contributed by atoms with van der Waals surface area (Å²) in [5.74, 6) is 4.55. The lowest BCUT2D eigenvalue weighted by molar-refractivity contribution is 0.303. The third-order valence-corrected chi connectivity index (χ3v) is 3.97. The van der Waals surface area contributed by atoms with Gasteiger partial charge in [0, 0.05) is 5.56 Å². The first-order chi connectivity index (χ1) is 9.06. The van der Waals surface area contributed by atoms with Gasteiger partial charge in [-0.2, -0.15) is 0 Å². The molecule has 1 aromatic rings. The predicted octanol–water partition coefficient (Wildman–Crippen LogP) is 4.45. The molecule has 0 amide bonds. The molecule has 3 N–H and O–H groups in total. The second kappa shape index (κ2) is 7.92. The standard InChI is InChI=1S/C14H21BrF2N2/c1-3-5-9(6-4-2)14(19-18)12-11(16)8-7-10(15)13(12)17/h7-9,14,19H,3-6,18H2,1-2H3. The minimum absolute atomic E-state index is 0.0313. The Labute approximate surface area is 121 Å². The maximum Gasteiger partial charge on any atom is 0.145 e. The Kier molecular flexibility index (Phi) is 6.89. The van der Waals surface area contributed by atoms with E-state index in [0.29, 0.717) is 0 Å². The van der Waals surface area contributed by atoms with Crippen molar-refractivity contribution in [3.63, 3.8) is 0 Å². The van der Waals surface area contributed by atoms with Crippen molar-refractivity contribution in [3.05, 3.63) is 33.8 Å². The van der Waals surface area contributed by atoms with Gasteiger partial charge in [0.25, 0.3) is 0 Å². The summed E-state index contributed by atoms with van der Waals surface area (Å²) >= 11 is 3.09. The minimum atomic E-state index is -0.569. The van der Waals surface area contributed by atoms with E-state index in [9.17, 15) is 8.78 Å². The van der Waals surface area contributed by atoms with Crippen LogP contribution in [0.4, 0.5) is 8.78 Å². The number of rotatable bonds is 7. The molecular weight excluding hydrogens is 314 g/mol. The molecule has 2 nitrogen and oxygen atoms in total. The number of nitrogens with two attached hydrogens (primary N) is 1. The van der Waals surface area contributed by atoms with Gasteiger partial charge in [-0.3, -0.25) is 11.3 Å². The van der Waals surface area contributed by atoms with Gasteiger partial charge in [-0.1, -0.05) is 26.7 Å². The summed E-state index contributed by atoms with van der Waals surface area (Å²) in [6.07, 6.45) is 3.68. The van der Waals surface area contributed by atoms with Gasteiger partial charge >= 0.3 is 0 Å². The van der Waals surface area contributed by atoms with Crippen molar-refractivity contribution in [2.75, 3.05) is 0 Å². The third-order valence-electron chi connectivity index (χ3n) is 3.36. The van der Waals surface area contributed by atoms with Crippen LogP contribution in [0.1, 0.15) is 51.1 Å². The van der Waals surface area contributed by atoms with Crippen LogP contribution in [0.15, 0.2) is 16.6 Å². The first-order valence-corrected chi connectivity index (χ1v) is 7.45. The first-order valence-electron chi connectivity index (χ1n) is 6.66. The van der Waals surface area contributed by atoms with E-state index in [0.717, 1.165) is 25.7 Å². The van der Waals surface area contributed by atoms with Crippen LogP contribution in [0.3, 0.4) is 0 Å². The Morgan fingerprint density at radius 3 is 2.26 bits per heavy atom. The van der Waals surface area contributed by atoms with Crippen molar-refractivity contribution in [1.82, 2.24) is 5.43 Å². The van der Waals surface area contributed by atoms with Crippen molar-refractivity contribution in [3.8, 4) is 0 Å². The molecule has 0 aliphatic rings. The largest absolute Gasteiger partial charge is 0.271 e. The van der Waals surface area contributed by atoms with Gasteiger partial charge in [0.05, 0.1) is 10.5 Å². The fourth-order valence-electron chi connectivity index (χ4n) is 2.50. The summed E-state index contributed by atoms with van der Waals surface area (Å²) in [7, 11) is 0. The van der Waals surface area contributed by atoms with E-state index in [-0.39, 0.29) is 16.0 Å². The lowest BCUT2D eigenvalue weighted by atomic mass is 9.86. The molecular formula is C14H21BrF2N2. The zero-order chi connectivity index (χ0) is 14.4. The van der Waals surface area contributed by atoms with Gasteiger partial charge in [0.1, 0.15) is 11.6 Å². The van der Waals surface area contributed by atoms with Gasteiger partial charge in [0.15, 0.2) is 0 Å². The topological polar surface area (TPSA) is 38.0 Å². The molecule has 0 heterocycles. The average molecular weight is 335 g/mol. The van der Waals surface area contributed by atoms with Crippen LogP contribution in [0, 0.1) is 17.6 Å². The molecule has 1 rings (SSSR count). The Morgan fingerprint density at radius 2 is 1.79 bits per heavy atom. The number of hydrazine groups is 1. The lowest BCUT2D eigenvalue weighted by Gasteiger charge is -2.27. The molecule has 0 aromatic heterocycles. The summed E-state index contributed by atoms with van der Waals surface area (Å²) in [6.45, 7) is 4.12. The first kappa shape index (κ1) is 16.5. The number of hydrogen-bond donors (Lipinski definition) is 2. The summed E-state index contributed by atoms with van der Waals surface area (Å²) in [6, 6.07) is 2.13. The zero-order valence-corrected chi connectivity index (χ0v) is 12.9. The minimum Gasteiger partial charge on any atom is -0.271 e. The zero-order valence-electron chi connectivity index (χ0n) is 11.3. The molecule has 0 aliphatic carbocycles. The van der Waals surface area contributed by atoms with Crippen LogP contribution in [-0.2, 0) is 0 Å². The highest BCUT2D eigenvalue weighted by molar-refractivity contribution is 9.10. The summed E-state index contributed by atoms with van der Waals surface area (Å²) in [5.41, 5.74) is 2.63. The highest BCUT2D eigenvalue weighted by atomic mass is 79.9.